The van der Waals surface area contributed by atoms with E-state index in [1.807, 2.05) is 73.7 Å². The third-order valence-corrected chi connectivity index (χ3v) is 5.27. The first kappa shape index (κ1) is 21.5. The standard InChI is InChI=1S/C27H25NO4/c1-20-6-5-9-23(16-20)27(30)28-17-25(19-31-24-13-10-22(18-29)11-14-24)32-26(28)15-12-21-7-3-2-4-8-21/h2-16,18,25-26H,17,19H2,1H3/b15-12+. The molecule has 1 amide bonds. The zero-order valence-corrected chi connectivity index (χ0v) is 17.9. The van der Waals surface area contributed by atoms with Crippen molar-refractivity contribution in [1.82, 2.24) is 4.90 Å². The molecular formula is C27H25NO4. The first-order chi connectivity index (χ1) is 15.6. The van der Waals surface area contributed by atoms with Crippen molar-refractivity contribution in [3.63, 3.8) is 0 Å². The number of hydrogen-bond donors (Lipinski definition) is 0. The number of aldehydes is 1. The maximum atomic E-state index is 13.2. The van der Waals surface area contributed by atoms with Crippen LogP contribution in [0.15, 0.2) is 84.9 Å². The van der Waals surface area contributed by atoms with Crippen LogP contribution < -0.4 is 4.74 Å². The molecule has 1 heterocycles. The lowest BCUT2D eigenvalue weighted by atomic mass is 10.1. The summed E-state index contributed by atoms with van der Waals surface area (Å²) in [6, 6.07) is 24.4. The summed E-state index contributed by atoms with van der Waals surface area (Å²) in [5.74, 6) is 0.577. The molecule has 0 bridgehead atoms. The van der Waals surface area contributed by atoms with Crippen molar-refractivity contribution >= 4 is 18.3 Å². The lowest BCUT2D eigenvalue weighted by Crippen LogP contribution is -2.35. The van der Waals surface area contributed by atoms with Crippen molar-refractivity contribution in [2.24, 2.45) is 0 Å². The molecule has 3 aromatic carbocycles. The lowest BCUT2D eigenvalue weighted by molar-refractivity contribution is 0.0154. The number of nitrogens with zero attached hydrogens (tertiary/aromatic N) is 1. The van der Waals surface area contributed by atoms with E-state index in [4.69, 9.17) is 9.47 Å². The van der Waals surface area contributed by atoms with Gasteiger partial charge in [0.1, 0.15) is 24.7 Å². The van der Waals surface area contributed by atoms with E-state index in [1.54, 1.807) is 29.2 Å². The van der Waals surface area contributed by atoms with Crippen LogP contribution in [0.25, 0.3) is 6.08 Å². The Labute approximate surface area is 187 Å². The van der Waals surface area contributed by atoms with Crippen molar-refractivity contribution in [2.75, 3.05) is 13.2 Å². The van der Waals surface area contributed by atoms with Gasteiger partial charge in [0.05, 0.1) is 6.54 Å². The van der Waals surface area contributed by atoms with Crippen LogP contribution in [0.2, 0.25) is 0 Å². The van der Waals surface area contributed by atoms with Gasteiger partial charge in [0.2, 0.25) is 0 Å². The smallest absolute Gasteiger partial charge is 0.256 e. The highest BCUT2D eigenvalue weighted by Gasteiger charge is 2.35. The van der Waals surface area contributed by atoms with Gasteiger partial charge in [-0.1, -0.05) is 54.1 Å². The molecule has 0 radical (unpaired) electrons. The highest BCUT2D eigenvalue weighted by molar-refractivity contribution is 5.95. The van der Waals surface area contributed by atoms with Gasteiger partial charge in [-0.05, 0) is 55.0 Å². The Morgan fingerprint density at radius 2 is 1.81 bits per heavy atom. The van der Waals surface area contributed by atoms with E-state index >= 15 is 0 Å². The molecule has 1 fully saturated rings. The molecule has 3 aromatic rings. The number of carbonyl (C=O) groups is 2. The second-order valence-electron chi connectivity index (χ2n) is 7.74. The quantitative estimate of drug-likeness (QED) is 0.510. The second-order valence-corrected chi connectivity index (χ2v) is 7.74. The molecule has 5 heteroatoms. The van der Waals surface area contributed by atoms with E-state index in [1.165, 1.54) is 0 Å². The summed E-state index contributed by atoms with van der Waals surface area (Å²) in [6.07, 6.45) is 3.89. The normalized spacial score (nSPS) is 18.1. The van der Waals surface area contributed by atoms with Gasteiger partial charge in [-0.25, -0.2) is 0 Å². The van der Waals surface area contributed by atoms with Crippen molar-refractivity contribution < 1.29 is 19.1 Å². The van der Waals surface area contributed by atoms with E-state index in [0.29, 0.717) is 30.0 Å². The number of rotatable bonds is 7. The van der Waals surface area contributed by atoms with Crippen LogP contribution in [0, 0.1) is 6.92 Å². The van der Waals surface area contributed by atoms with Gasteiger partial charge in [-0.2, -0.15) is 0 Å². The van der Waals surface area contributed by atoms with Crippen LogP contribution in [0.1, 0.15) is 31.8 Å². The van der Waals surface area contributed by atoms with E-state index in [-0.39, 0.29) is 12.0 Å². The molecule has 162 valence electrons. The van der Waals surface area contributed by atoms with E-state index in [2.05, 4.69) is 0 Å². The summed E-state index contributed by atoms with van der Waals surface area (Å²) in [6.45, 7) is 2.69. The van der Waals surface area contributed by atoms with Crippen molar-refractivity contribution in [3.05, 3.63) is 107 Å². The molecule has 5 nitrogen and oxygen atoms in total. The molecule has 1 aliphatic rings. The van der Waals surface area contributed by atoms with Gasteiger partial charge in [-0.15, -0.1) is 0 Å². The average molecular weight is 428 g/mol. The highest BCUT2D eigenvalue weighted by Crippen LogP contribution is 2.23. The Morgan fingerprint density at radius 1 is 1.03 bits per heavy atom. The molecule has 1 saturated heterocycles. The van der Waals surface area contributed by atoms with Gasteiger partial charge in [0.15, 0.2) is 6.23 Å². The third kappa shape index (κ3) is 5.31. The topological polar surface area (TPSA) is 55.8 Å². The number of aryl methyl sites for hydroxylation is 1. The van der Waals surface area contributed by atoms with E-state index in [9.17, 15) is 9.59 Å². The van der Waals surface area contributed by atoms with Crippen LogP contribution in [-0.4, -0.2) is 42.6 Å². The molecule has 2 unspecified atom stereocenters. The Hall–Kier alpha value is -3.70. The van der Waals surface area contributed by atoms with Crippen LogP contribution in [0.4, 0.5) is 0 Å². The number of ether oxygens (including phenoxy) is 2. The van der Waals surface area contributed by atoms with Crippen molar-refractivity contribution in [1.29, 1.82) is 0 Å². The first-order valence-electron chi connectivity index (χ1n) is 10.6. The first-order valence-corrected chi connectivity index (χ1v) is 10.6. The van der Waals surface area contributed by atoms with Crippen LogP contribution in [0.3, 0.4) is 0 Å². The minimum absolute atomic E-state index is 0.0748. The Bertz CT molecular complexity index is 1090. The predicted octanol–water partition coefficient (Wildman–Crippen LogP) is 4.77. The summed E-state index contributed by atoms with van der Waals surface area (Å²) in [5, 5.41) is 0. The number of carbonyl (C=O) groups excluding carboxylic acids is 2. The lowest BCUT2D eigenvalue weighted by Gasteiger charge is -2.20. The minimum Gasteiger partial charge on any atom is -0.491 e. The average Bonchev–Trinajstić information content (AvgIpc) is 3.25. The Morgan fingerprint density at radius 3 is 2.53 bits per heavy atom. The molecule has 0 aliphatic carbocycles. The number of benzene rings is 3. The highest BCUT2D eigenvalue weighted by atomic mass is 16.6. The fourth-order valence-corrected chi connectivity index (χ4v) is 3.61. The predicted molar refractivity (Wildman–Crippen MR) is 124 cm³/mol. The van der Waals surface area contributed by atoms with E-state index in [0.717, 1.165) is 17.4 Å². The molecule has 2 atom stereocenters. The molecule has 0 spiro atoms. The largest absolute Gasteiger partial charge is 0.491 e. The Balaban J connectivity index is 1.49. The third-order valence-electron chi connectivity index (χ3n) is 5.27. The van der Waals surface area contributed by atoms with Crippen LogP contribution in [0.5, 0.6) is 5.75 Å². The van der Waals surface area contributed by atoms with Crippen molar-refractivity contribution in [2.45, 2.75) is 19.3 Å². The molecule has 32 heavy (non-hydrogen) atoms. The fourth-order valence-electron chi connectivity index (χ4n) is 3.61. The van der Waals surface area contributed by atoms with Gasteiger partial charge < -0.3 is 14.4 Å². The monoisotopic (exact) mass is 427 g/mol. The summed E-state index contributed by atoms with van der Waals surface area (Å²) in [4.78, 5) is 25.8. The maximum Gasteiger partial charge on any atom is 0.256 e. The molecule has 4 rings (SSSR count). The molecule has 0 aromatic heterocycles. The van der Waals surface area contributed by atoms with Crippen molar-refractivity contribution in [3.8, 4) is 5.75 Å². The van der Waals surface area contributed by atoms with Crippen LogP contribution >= 0.6 is 0 Å². The number of hydrogen-bond acceptors (Lipinski definition) is 4. The molecule has 1 aliphatic heterocycles. The zero-order chi connectivity index (χ0) is 22.3. The number of amides is 1. The van der Waals surface area contributed by atoms with Gasteiger partial charge >= 0.3 is 0 Å². The fraction of sp³-hybridized carbons (Fsp3) is 0.185. The zero-order valence-electron chi connectivity index (χ0n) is 17.9. The summed E-state index contributed by atoms with van der Waals surface area (Å²) in [7, 11) is 0. The van der Waals surface area contributed by atoms with E-state index < -0.39 is 6.23 Å². The summed E-state index contributed by atoms with van der Waals surface area (Å²) < 4.78 is 12.0. The SMILES string of the molecule is Cc1cccc(C(=O)N2CC(COc3ccc(C=O)cc3)OC2/C=C/c2ccccc2)c1. The van der Waals surface area contributed by atoms with Gasteiger partial charge in [-0.3, -0.25) is 9.59 Å². The minimum atomic E-state index is -0.491. The second kappa shape index (κ2) is 10.1. The van der Waals surface area contributed by atoms with Gasteiger partial charge in [0, 0.05) is 11.1 Å². The summed E-state index contributed by atoms with van der Waals surface area (Å²) >= 11 is 0. The summed E-state index contributed by atoms with van der Waals surface area (Å²) in [5.41, 5.74) is 3.30. The van der Waals surface area contributed by atoms with Crippen LogP contribution in [-0.2, 0) is 4.74 Å². The van der Waals surface area contributed by atoms with Gasteiger partial charge in [0.25, 0.3) is 5.91 Å². The maximum absolute atomic E-state index is 13.2. The molecule has 0 saturated carbocycles. The molecule has 0 N–H and O–H groups in total. The molecular weight excluding hydrogens is 402 g/mol. The Kier molecular flexibility index (Phi) is 6.78.